The summed E-state index contributed by atoms with van der Waals surface area (Å²) in [7, 11) is 0. The number of carbonyl (C=O) groups is 1. The normalized spacial score (nSPS) is 21.9. The van der Waals surface area contributed by atoms with E-state index in [-0.39, 0.29) is 17.4 Å². The van der Waals surface area contributed by atoms with E-state index in [2.05, 4.69) is 51.6 Å². The maximum atomic E-state index is 12.6. The van der Waals surface area contributed by atoms with Gasteiger partial charge in [0.2, 0.25) is 5.91 Å². The fourth-order valence-electron chi connectivity index (χ4n) is 4.84. The van der Waals surface area contributed by atoms with Gasteiger partial charge in [-0.05, 0) is 42.5 Å². The van der Waals surface area contributed by atoms with E-state index in [4.69, 9.17) is 0 Å². The second-order valence-electron chi connectivity index (χ2n) is 8.20. The Kier molecular flexibility index (Phi) is 4.36. The largest absolute Gasteiger partial charge is 0.350 e. The Labute approximate surface area is 165 Å². The molecule has 2 aliphatic rings. The molecule has 4 heteroatoms. The van der Waals surface area contributed by atoms with Gasteiger partial charge in [0.05, 0.1) is 11.4 Å². The first-order valence-corrected chi connectivity index (χ1v) is 10.1. The van der Waals surface area contributed by atoms with Gasteiger partial charge in [-0.15, -0.1) is 0 Å². The number of para-hydroxylation sites is 1. The zero-order chi connectivity index (χ0) is 19.0. The van der Waals surface area contributed by atoms with Gasteiger partial charge in [0, 0.05) is 36.8 Å². The van der Waals surface area contributed by atoms with E-state index in [9.17, 15) is 4.79 Å². The minimum Gasteiger partial charge on any atom is -0.350 e. The zero-order valence-electron chi connectivity index (χ0n) is 16.0. The van der Waals surface area contributed by atoms with Gasteiger partial charge in [0.25, 0.3) is 0 Å². The van der Waals surface area contributed by atoms with E-state index in [1.165, 1.54) is 10.9 Å². The van der Waals surface area contributed by atoms with Crippen LogP contribution in [0.3, 0.4) is 0 Å². The molecule has 0 radical (unpaired) electrons. The highest BCUT2D eigenvalue weighted by molar-refractivity contribution is 5.87. The number of benzene rings is 2. The summed E-state index contributed by atoms with van der Waals surface area (Å²) in [6.07, 6.45) is 4.86. The molecule has 2 aliphatic heterocycles. The number of amides is 1. The Morgan fingerprint density at radius 2 is 1.75 bits per heavy atom. The van der Waals surface area contributed by atoms with Crippen LogP contribution in [0.25, 0.3) is 10.9 Å². The molecule has 1 atom stereocenters. The molecule has 1 spiro atoms. The van der Waals surface area contributed by atoms with Gasteiger partial charge in [-0.25, -0.2) is 0 Å². The van der Waals surface area contributed by atoms with E-state index in [1.807, 2.05) is 30.5 Å². The van der Waals surface area contributed by atoms with Crippen molar-refractivity contribution in [3.63, 3.8) is 0 Å². The minimum absolute atomic E-state index is 0.00288. The first-order valence-electron chi connectivity index (χ1n) is 10.1. The predicted molar refractivity (Wildman–Crippen MR) is 111 cm³/mol. The number of fused-ring (bicyclic) bond motifs is 1. The third-order valence-corrected chi connectivity index (χ3v) is 6.45. The molecular formula is C24H25N3O. The second kappa shape index (κ2) is 7.02. The molecule has 0 bridgehead atoms. The van der Waals surface area contributed by atoms with Gasteiger partial charge in [-0.3, -0.25) is 14.7 Å². The summed E-state index contributed by atoms with van der Waals surface area (Å²) in [4.78, 5) is 19.6. The number of carbonyl (C=O) groups excluding carboxylic acids is 1. The van der Waals surface area contributed by atoms with Crippen LogP contribution < -0.4 is 5.32 Å². The van der Waals surface area contributed by atoms with Crippen LogP contribution in [0, 0.1) is 0 Å². The van der Waals surface area contributed by atoms with Crippen LogP contribution in [0.5, 0.6) is 0 Å². The van der Waals surface area contributed by atoms with Crippen molar-refractivity contribution < 1.29 is 4.79 Å². The molecule has 0 saturated carbocycles. The zero-order valence-corrected chi connectivity index (χ0v) is 16.0. The van der Waals surface area contributed by atoms with Gasteiger partial charge in [-0.1, -0.05) is 48.5 Å². The number of likely N-dealkylation sites (tertiary alicyclic amines) is 1. The number of aromatic nitrogens is 1. The smallest absolute Gasteiger partial charge is 0.228 e. The van der Waals surface area contributed by atoms with E-state index < -0.39 is 0 Å². The molecule has 4 nitrogen and oxygen atoms in total. The van der Waals surface area contributed by atoms with E-state index >= 15 is 0 Å². The molecule has 3 heterocycles. The third-order valence-electron chi connectivity index (χ3n) is 6.45. The van der Waals surface area contributed by atoms with Crippen LogP contribution in [0.15, 0.2) is 66.9 Å². The first kappa shape index (κ1) is 17.4. The fraction of sp³-hybridized carbons (Fsp3) is 0.333. The highest BCUT2D eigenvalue weighted by Gasteiger charge is 2.46. The summed E-state index contributed by atoms with van der Waals surface area (Å²) < 4.78 is 0. The number of pyridine rings is 1. The molecule has 0 unspecified atom stereocenters. The fourth-order valence-corrected chi connectivity index (χ4v) is 4.84. The second-order valence-corrected chi connectivity index (χ2v) is 8.20. The lowest BCUT2D eigenvalue weighted by molar-refractivity contribution is -0.121. The van der Waals surface area contributed by atoms with Crippen molar-refractivity contribution in [3.8, 4) is 0 Å². The SMILES string of the molecule is O=C1NC2(CCN(Cc3ccnc4ccccc34)CC2)C[C@@H]1c1ccccc1. The monoisotopic (exact) mass is 371 g/mol. The number of nitrogens with one attached hydrogen (secondary N) is 1. The quantitative estimate of drug-likeness (QED) is 0.760. The van der Waals surface area contributed by atoms with Crippen molar-refractivity contribution in [1.29, 1.82) is 0 Å². The molecule has 1 N–H and O–H groups in total. The standard InChI is InChI=1S/C24H25N3O/c28-23-21(18-6-2-1-3-7-18)16-24(26-23)11-14-27(15-12-24)17-19-10-13-25-22-9-5-4-8-20(19)22/h1-10,13,21H,11-12,14-17H2,(H,26,28)/t21-/m1/s1. The number of hydrogen-bond acceptors (Lipinski definition) is 3. The summed E-state index contributed by atoms with van der Waals surface area (Å²) in [6.45, 7) is 2.96. The van der Waals surface area contributed by atoms with Crippen LogP contribution in [0.2, 0.25) is 0 Å². The van der Waals surface area contributed by atoms with E-state index in [0.717, 1.165) is 50.0 Å². The van der Waals surface area contributed by atoms with Crippen LogP contribution in [-0.2, 0) is 11.3 Å². The minimum atomic E-state index is -0.0333. The molecule has 1 amide bonds. The molecule has 2 saturated heterocycles. The van der Waals surface area contributed by atoms with Crippen molar-refractivity contribution in [1.82, 2.24) is 15.2 Å². The Bertz CT molecular complexity index is 988. The average molecular weight is 371 g/mol. The van der Waals surface area contributed by atoms with Crippen molar-refractivity contribution in [2.24, 2.45) is 0 Å². The molecule has 2 fully saturated rings. The summed E-state index contributed by atoms with van der Waals surface area (Å²) in [5.41, 5.74) is 3.50. The van der Waals surface area contributed by atoms with Crippen molar-refractivity contribution in [2.45, 2.75) is 37.3 Å². The van der Waals surface area contributed by atoms with Gasteiger partial charge in [0.15, 0.2) is 0 Å². The molecule has 3 aromatic rings. The predicted octanol–water partition coefficient (Wildman–Crippen LogP) is 3.87. The number of nitrogens with zero attached hydrogens (tertiary/aromatic N) is 2. The molecular weight excluding hydrogens is 346 g/mol. The average Bonchev–Trinajstić information content (AvgIpc) is 3.07. The lowest BCUT2D eigenvalue weighted by Gasteiger charge is -2.39. The summed E-state index contributed by atoms with van der Waals surface area (Å²) in [5, 5.41) is 4.60. The molecule has 142 valence electrons. The Morgan fingerprint density at radius 1 is 1.00 bits per heavy atom. The van der Waals surface area contributed by atoms with Crippen molar-refractivity contribution >= 4 is 16.8 Å². The Balaban J connectivity index is 1.27. The number of hydrogen-bond donors (Lipinski definition) is 1. The molecule has 1 aromatic heterocycles. The Hall–Kier alpha value is -2.72. The highest BCUT2D eigenvalue weighted by Crippen LogP contribution is 2.39. The van der Waals surface area contributed by atoms with Gasteiger partial charge in [-0.2, -0.15) is 0 Å². The van der Waals surface area contributed by atoms with Crippen LogP contribution in [-0.4, -0.2) is 34.4 Å². The van der Waals surface area contributed by atoms with Crippen LogP contribution in [0.4, 0.5) is 0 Å². The van der Waals surface area contributed by atoms with E-state index in [0.29, 0.717) is 0 Å². The summed E-state index contributed by atoms with van der Waals surface area (Å²) in [6, 6.07) is 20.7. The summed E-state index contributed by atoms with van der Waals surface area (Å²) in [5.74, 6) is 0.191. The maximum Gasteiger partial charge on any atom is 0.228 e. The van der Waals surface area contributed by atoms with Gasteiger partial charge < -0.3 is 5.32 Å². The first-order chi connectivity index (χ1) is 13.7. The lowest BCUT2D eigenvalue weighted by Crippen LogP contribution is -2.50. The topological polar surface area (TPSA) is 45.2 Å². The maximum absolute atomic E-state index is 12.6. The number of rotatable bonds is 3. The van der Waals surface area contributed by atoms with Crippen molar-refractivity contribution in [2.75, 3.05) is 13.1 Å². The molecule has 2 aromatic carbocycles. The lowest BCUT2D eigenvalue weighted by atomic mass is 9.82. The Morgan fingerprint density at radius 3 is 2.57 bits per heavy atom. The third kappa shape index (κ3) is 3.18. The van der Waals surface area contributed by atoms with Crippen LogP contribution >= 0.6 is 0 Å². The van der Waals surface area contributed by atoms with E-state index in [1.54, 1.807) is 0 Å². The van der Waals surface area contributed by atoms with Gasteiger partial charge >= 0.3 is 0 Å². The van der Waals surface area contributed by atoms with Gasteiger partial charge in [0.1, 0.15) is 0 Å². The molecule has 5 rings (SSSR count). The molecule has 28 heavy (non-hydrogen) atoms. The number of piperidine rings is 1. The van der Waals surface area contributed by atoms with Crippen LogP contribution in [0.1, 0.15) is 36.3 Å². The summed E-state index contributed by atoms with van der Waals surface area (Å²) >= 11 is 0. The highest BCUT2D eigenvalue weighted by atomic mass is 16.2. The molecule has 0 aliphatic carbocycles. The van der Waals surface area contributed by atoms with Crippen molar-refractivity contribution in [3.05, 3.63) is 78.0 Å².